The molecular formula is C9H11BrClNO. The smallest absolute Gasteiger partial charge is 0.0703 e. The molecule has 0 fully saturated rings. The summed E-state index contributed by atoms with van der Waals surface area (Å²) >= 11 is 9.26. The van der Waals surface area contributed by atoms with Crippen LogP contribution in [0.5, 0.6) is 0 Å². The standard InChI is InChI=1S/C9H11BrClNO/c10-7-1-2-9(11)6(3-7)4-8(13)5-12/h1-3,8,13H,4-5,12H2. The molecule has 0 heterocycles. The van der Waals surface area contributed by atoms with Crippen LogP contribution in [0.15, 0.2) is 22.7 Å². The van der Waals surface area contributed by atoms with Crippen LogP contribution < -0.4 is 5.73 Å². The molecule has 0 amide bonds. The highest BCUT2D eigenvalue weighted by Gasteiger charge is 2.06. The van der Waals surface area contributed by atoms with Crippen molar-refractivity contribution in [3.8, 4) is 0 Å². The number of halogens is 2. The van der Waals surface area contributed by atoms with Gasteiger partial charge in [0.2, 0.25) is 0 Å². The van der Waals surface area contributed by atoms with Crippen LogP contribution in [-0.4, -0.2) is 17.8 Å². The molecule has 1 rings (SSSR count). The monoisotopic (exact) mass is 263 g/mol. The summed E-state index contributed by atoms with van der Waals surface area (Å²) in [5.74, 6) is 0. The Bertz CT molecular complexity index is 293. The zero-order valence-electron chi connectivity index (χ0n) is 7.00. The van der Waals surface area contributed by atoms with Crippen molar-refractivity contribution in [3.05, 3.63) is 33.3 Å². The predicted molar refractivity (Wildman–Crippen MR) is 57.9 cm³/mol. The van der Waals surface area contributed by atoms with Crippen LogP contribution in [0.4, 0.5) is 0 Å². The van der Waals surface area contributed by atoms with Gasteiger partial charge in [-0.15, -0.1) is 0 Å². The SMILES string of the molecule is NCC(O)Cc1cc(Br)ccc1Cl. The Balaban J connectivity index is 2.81. The van der Waals surface area contributed by atoms with Gasteiger partial charge in [-0.3, -0.25) is 0 Å². The Labute approximate surface area is 90.8 Å². The third-order valence-corrected chi connectivity index (χ3v) is 2.60. The van der Waals surface area contributed by atoms with E-state index >= 15 is 0 Å². The summed E-state index contributed by atoms with van der Waals surface area (Å²) < 4.78 is 0.955. The maximum atomic E-state index is 9.33. The zero-order valence-corrected chi connectivity index (χ0v) is 9.35. The highest BCUT2D eigenvalue weighted by molar-refractivity contribution is 9.10. The van der Waals surface area contributed by atoms with Gasteiger partial charge < -0.3 is 10.8 Å². The molecule has 1 atom stereocenters. The summed E-state index contributed by atoms with van der Waals surface area (Å²) in [6, 6.07) is 5.55. The van der Waals surface area contributed by atoms with E-state index in [1.165, 1.54) is 0 Å². The van der Waals surface area contributed by atoms with Crippen LogP contribution in [0.1, 0.15) is 5.56 Å². The molecule has 1 aromatic rings. The molecule has 1 unspecified atom stereocenters. The minimum atomic E-state index is -0.521. The number of rotatable bonds is 3. The van der Waals surface area contributed by atoms with Crippen LogP contribution in [0.2, 0.25) is 5.02 Å². The van der Waals surface area contributed by atoms with E-state index in [0.29, 0.717) is 11.4 Å². The van der Waals surface area contributed by atoms with Gasteiger partial charge in [-0.2, -0.15) is 0 Å². The highest BCUT2D eigenvalue weighted by atomic mass is 79.9. The van der Waals surface area contributed by atoms with Crippen LogP contribution in [0.25, 0.3) is 0 Å². The third kappa shape index (κ3) is 3.27. The quantitative estimate of drug-likeness (QED) is 0.877. The number of aliphatic hydroxyl groups is 1. The summed E-state index contributed by atoms with van der Waals surface area (Å²) in [5.41, 5.74) is 6.21. The van der Waals surface area contributed by atoms with Crippen molar-refractivity contribution < 1.29 is 5.11 Å². The van der Waals surface area contributed by atoms with Crippen molar-refractivity contribution in [1.82, 2.24) is 0 Å². The van der Waals surface area contributed by atoms with Crippen LogP contribution in [0.3, 0.4) is 0 Å². The van der Waals surface area contributed by atoms with E-state index in [1.807, 2.05) is 12.1 Å². The van der Waals surface area contributed by atoms with Gasteiger partial charge in [-0.1, -0.05) is 27.5 Å². The molecule has 1 aromatic carbocycles. The molecule has 0 aliphatic heterocycles. The molecule has 72 valence electrons. The minimum absolute atomic E-state index is 0.253. The third-order valence-electron chi connectivity index (χ3n) is 1.74. The Morgan fingerprint density at radius 3 is 2.85 bits per heavy atom. The summed E-state index contributed by atoms with van der Waals surface area (Å²) in [6.45, 7) is 0.253. The molecule has 0 bridgehead atoms. The second-order valence-electron chi connectivity index (χ2n) is 2.83. The van der Waals surface area contributed by atoms with Crippen molar-refractivity contribution in [2.45, 2.75) is 12.5 Å². The fourth-order valence-corrected chi connectivity index (χ4v) is 1.64. The zero-order chi connectivity index (χ0) is 9.84. The number of nitrogens with two attached hydrogens (primary N) is 1. The lowest BCUT2D eigenvalue weighted by molar-refractivity contribution is 0.183. The summed E-state index contributed by atoms with van der Waals surface area (Å²) in [5, 5.41) is 9.99. The first-order valence-electron chi connectivity index (χ1n) is 3.95. The Kier molecular flexibility index (Phi) is 4.19. The molecule has 0 radical (unpaired) electrons. The van der Waals surface area contributed by atoms with Gasteiger partial charge >= 0.3 is 0 Å². The molecule has 0 spiro atoms. The van der Waals surface area contributed by atoms with Crippen LogP contribution in [-0.2, 0) is 6.42 Å². The van der Waals surface area contributed by atoms with Gasteiger partial charge in [0.05, 0.1) is 6.10 Å². The van der Waals surface area contributed by atoms with Crippen molar-refractivity contribution in [2.24, 2.45) is 5.73 Å². The van der Waals surface area contributed by atoms with Crippen molar-refractivity contribution >= 4 is 27.5 Å². The molecule has 3 N–H and O–H groups in total. The van der Waals surface area contributed by atoms with Gasteiger partial charge in [0.25, 0.3) is 0 Å². The van der Waals surface area contributed by atoms with E-state index in [9.17, 15) is 5.11 Å². The van der Waals surface area contributed by atoms with Gasteiger partial charge in [0.1, 0.15) is 0 Å². The van der Waals surface area contributed by atoms with E-state index < -0.39 is 6.10 Å². The molecule has 0 saturated heterocycles. The maximum absolute atomic E-state index is 9.33. The molecule has 4 heteroatoms. The first kappa shape index (κ1) is 11.0. The average molecular weight is 265 g/mol. The Morgan fingerprint density at radius 1 is 1.54 bits per heavy atom. The summed E-state index contributed by atoms with van der Waals surface area (Å²) in [4.78, 5) is 0. The molecule has 0 aliphatic rings. The molecule has 0 saturated carbocycles. The molecule has 0 aromatic heterocycles. The van der Waals surface area contributed by atoms with Gasteiger partial charge in [0.15, 0.2) is 0 Å². The number of aliphatic hydroxyl groups excluding tert-OH is 1. The topological polar surface area (TPSA) is 46.2 Å². The van der Waals surface area contributed by atoms with Crippen molar-refractivity contribution in [3.63, 3.8) is 0 Å². The Hall–Kier alpha value is -0.0900. The summed E-state index contributed by atoms with van der Waals surface area (Å²) in [7, 11) is 0. The number of hydrogen-bond donors (Lipinski definition) is 2. The average Bonchev–Trinajstić information content (AvgIpc) is 2.11. The fraction of sp³-hybridized carbons (Fsp3) is 0.333. The van der Waals surface area contributed by atoms with Gasteiger partial charge in [-0.25, -0.2) is 0 Å². The van der Waals surface area contributed by atoms with Gasteiger partial charge in [0, 0.05) is 22.5 Å². The molecule has 0 aliphatic carbocycles. The first-order valence-corrected chi connectivity index (χ1v) is 5.12. The van der Waals surface area contributed by atoms with E-state index in [0.717, 1.165) is 10.0 Å². The lowest BCUT2D eigenvalue weighted by Gasteiger charge is -2.09. The maximum Gasteiger partial charge on any atom is 0.0703 e. The first-order chi connectivity index (χ1) is 6.13. The number of benzene rings is 1. The van der Waals surface area contributed by atoms with Crippen molar-refractivity contribution in [1.29, 1.82) is 0 Å². The lowest BCUT2D eigenvalue weighted by atomic mass is 10.1. The Morgan fingerprint density at radius 2 is 2.23 bits per heavy atom. The van der Waals surface area contributed by atoms with Crippen molar-refractivity contribution in [2.75, 3.05) is 6.54 Å². The van der Waals surface area contributed by atoms with E-state index in [1.54, 1.807) is 6.07 Å². The molecule has 2 nitrogen and oxygen atoms in total. The van der Waals surface area contributed by atoms with E-state index in [2.05, 4.69) is 15.9 Å². The molecular weight excluding hydrogens is 253 g/mol. The highest BCUT2D eigenvalue weighted by Crippen LogP contribution is 2.21. The van der Waals surface area contributed by atoms with Gasteiger partial charge in [-0.05, 0) is 23.8 Å². The fourth-order valence-electron chi connectivity index (χ4n) is 1.04. The second-order valence-corrected chi connectivity index (χ2v) is 4.15. The number of hydrogen-bond acceptors (Lipinski definition) is 2. The molecule has 13 heavy (non-hydrogen) atoms. The normalized spacial score (nSPS) is 12.9. The largest absolute Gasteiger partial charge is 0.391 e. The lowest BCUT2D eigenvalue weighted by Crippen LogP contribution is -2.22. The van der Waals surface area contributed by atoms with E-state index in [4.69, 9.17) is 17.3 Å². The van der Waals surface area contributed by atoms with Crippen LogP contribution in [0, 0.1) is 0 Å². The minimum Gasteiger partial charge on any atom is -0.391 e. The summed E-state index contributed by atoms with van der Waals surface area (Å²) in [6.07, 6.45) is -0.0267. The van der Waals surface area contributed by atoms with Crippen LogP contribution >= 0.6 is 27.5 Å². The van der Waals surface area contributed by atoms with E-state index in [-0.39, 0.29) is 6.54 Å². The predicted octanol–water partition coefficient (Wildman–Crippen LogP) is 1.96. The second kappa shape index (κ2) is 4.96.